The molecule has 6 heteroatoms. The third-order valence-electron chi connectivity index (χ3n) is 5.51. The number of allylic oxidation sites excluding steroid dienone is 1. The number of carboxylic acid groups (broad SMARTS) is 1. The number of aryl methyl sites for hydroxylation is 1. The van der Waals surface area contributed by atoms with E-state index in [0.717, 1.165) is 42.3 Å². The van der Waals surface area contributed by atoms with Crippen molar-refractivity contribution in [1.82, 2.24) is 4.90 Å². The summed E-state index contributed by atoms with van der Waals surface area (Å²) >= 11 is 1.66. The van der Waals surface area contributed by atoms with Gasteiger partial charge in [-0.15, -0.1) is 11.8 Å². The SMILES string of the molecule is O=C(O)OC1=C(SCCCc2ccc(F)cc2)N(CC2CCCCCC2)CC=C1. The molecule has 0 unspecified atom stereocenters. The summed E-state index contributed by atoms with van der Waals surface area (Å²) in [6, 6.07) is 6.62. The lowest BCUT2D eigenvalue weighted by Crippen LogP contribution is -2.31. The average molecular weight is 420 g/mol. The summed E-state index contributed by atoms with van der Waals surface area (Å²) < 4.78 is 18.1. The lowest BCUT2D eigenvalue weighted by Gasteiger charge is -2.32. The molecule has 0 bridgehead atoms. The Morgan fingerprint density at radius 3 is 2.59 bits per heavy atom. The van der Waals surface area contributed by atoms with Gasteiger partial charge in [-0.2, -0.15) is 0 Å². The quantitative estimate of drug-likeness (QED) is 0.309. The van der Waals surface area contributed by atoms with E-state index in [9.17, 15) is 9.18 Å². The summed E-state index contributed by atoms with van der Waals surface area (Å²) in [5.74, 6) is 1.73. The number of nitrogens with zero attached hydrogens (tertiary/aromatic N) is 1. The highest BCUT2D eigenvalue weighted by atomic mass is 32.2. The van der Waals surface area contributed by atoms with Gasteiger partial charge in [-0.25, -0.2) is 9.18 Å². The van der Waals surface area contributed by atoms with E-state index in [-0.39, 0.29) is 5.82 Å². The molecule has 1 aliphatic heterocycles. The first-order chi connectivity index (χ1) is 14.1. The number of thioether (sulfide) groups is 1. The maximum Gasteiger partial charge on any atom is 0.511 e. The maximum atomic E-state index is 13.0. The molecule has 3 rings (SSSR count). The van der Waals surface area contributed by atoms with Crippen LogP contribution in [0.25, 0.3) is 0 Å². The molecule has 2 aliphatic rings. The van der Waals surface area contributed by atoms with Gasteiger partial charge in [0.25, 0.3) is 0 Å². The lowest BCUT2D eigenvalue weighted by atomic mass is 9.99. The first-order valence-corrected chi connectivity index (χ1v) is 11.5. The fraction of sp³-hybridized carbons (Fsp3) is 0.522. The Morgan fingerprint density at radius 1 is 1.17 bits per heavy atom. The van der Waals surface area contributed by atoms with Crippen molar-refractivity contribution in [3.05, 3.63) is 58.6 Å². The number of halogens is 1. The normalized spacial score (nSPS) is 18.0. The van der Waals surface area contributed by atoms with Crippen LogP contribution in [-0.4, -0.2) is 35.0 Å². The molecule has 1 aromatic carbocycles. The molecule has 0 saturated heterocycles. The van der Waals surface area contributed by atoms with E-state index < -0.39 is 6.16 Å². The average Bonchev–Trinajstić information content (AvgIpc) is 2.96. The number of hydrogen-bond donors (Lipinski definition) is 1. The Balaban J connectivity index is 1.61. The molecule has 158 valence electrons. The molecule has 0 aromatic heterocycles. The largest absolute Gasteiger partial charge is 0.511 e. The second-order valence-electron chi connectivity index (χ2n) is 7.78. The van der Waals surface area contributed by atoms with Crippen molar-refractivity contribution in [2.24, 2.45) is 5.92 Å². The van der Waals surface area contributed by atoms with E-state index in [0.29, 0.717) is 11.7 Å². The highest BCUT2D eigenvalue weighted by Gasteiger charge is 2.23. The van der Waals surface area contributed by atoms with Crippen LogP contribution in [0.2, 0.25) is 0 Å². The zero-order valence-electron chi connectivity index (χ0n) is 16.8. The van der Waals surface area contributed by atoms with Gasteiger partial charge in [0.1, 0.15) is 10.8 Å². The Bertz CT molecular complexity index is 724. The molecule has 29 heavy (non-hydrogen) atoms. The molecule has 1 saturated carbocycles. The van der Waals surface area contributed by atoms with Gasteiger partial charge in [-0.05, 0) is 61.1 Å². The molecule has 4 nitrogen and oxygen atoms in total. The molecule has 1 heterocycles. The van der Waals surface area contributed by atoms with Gasteiger partial charge in [0.05, 0.1) is 0 Å². The van der Waals surface area contributed by atoms with E-state index in [2.05, 4.69) is 4.90 Å². The van der Waals surface area contributed by atoms with E-state index in [1.54, 1.807) is 17.8 Å². The van der Waals surface area contributed by atoms with Crippen LogP contribution in [-0.2, 0) is 11.2 Å². The molecule has 1 N–H and O–H groups in total. The number of rotatable bonds is 8. The molecule has 1 aromatic rings. The molecule has 0 amide bonds. The number of benzene rings is 1. The third-order valence-corrected chi connectivity index (χ3v) is 6.73. The molecule has 1 fully saturated rings. The van der Waals surface area contributed by atoms with E-state index in [1.807, 2.05) is 18.2 Å². The van der Waals surface area contributed by atoms with Gasteiger partial charge in [0.2, 0.25) is 0 Å². The summed E-state index contributed by atoms with van der Waals surface area (Å²) in [7, 11) is 0. The number of ether oxygens (including phenoxy) is 1. The van der Waals surface area contributed by atoms with Crippen LogP contribution in [0.15, 0.2) is 47.2 Å². The van der Waals surface area contributed by atoms with Crippen molar-refractivity contribution in [2.45, 2.75) is 51.4 Å². The van der Waals surface area contributed by atoms with Crippen LogP contribution >= 0.6 is 11.8 Å². The first kappa shape index (κ1) is 21.8. The van der Waals surface area contributed by atoms with Gasteiger partial charge < -0.3 is 14.7 Å². The van der Waals surface area contributed by atoms with Crippen LogP contribution in [0, 0.1) is 11.7 Å². The van der Waals surface area contributed by atoms with Gasteiger partial charge in [0, 0.05) is 13.1 Å². The molecule has 0 radical (unpaired) electrons. The summed E-state index contributed by atoms with van der Waals surface area (Å²) in [5, 5.41) is 10.1. The topological polar surface area (TPSA) is 49.8 Å². The summed E-state index contributed by atoms with van der Waals surface area (Å²) in [4.78, 5) is 13.4. The molecular formula is C23H30FNO3S. The zero-order chi connectivity index (χ0) is 20.5. The van der Waals surface area contributed by atoms with Crippen molar-refractivity contribution in [1.29, 1.82) is 0 Å². The minimum atomic E-state index is -1.27. The van der Waals surface area contributed by atoms with Crippen LogP contribution in [0.5, 0.6) is 0 Å². The van der Waals surface area contributed by atoms with Gasteiger partial charge in [0.15, 0.2) is 5.76 Å². The minimum absolute atomic E-state index is 0.216. The Morgan fingerprint density at radius 2 is 1.90 bits per heavy atom. The molecular weight excluding hydrogens is 389 g/mol. The fourth-order valence-corrected chi connectivity index (χ4v) is 5.11. The number of hydrogen-bond acceptors (Lipinski definition) is 4. The predicted octanol–water partition coefficient (Wildman–Crippen LogP) is 6.20. The van der Waals surface area contributed by atoms with E-state index in [4.69, 9.17) is 9.84 Å². The minimum Gasteiger partial charge on any atom is -0.449 e. The van der Waals surface area contributed by atoms with Crippen LogP contribution in [0.4, 0.5) is 9.18 Å². The zero-order valence-corrected chi connectivity index (χ0v) is 17.6. The molecule has 1 aliphatic carbocycles. The molecule has 0 spiro atoms. The third kappa shape index (κ3) is 7.11. The van der Waals surface area contributed by atoms with Gasteiger partial charge in [-0.3, -0.25) is 0 Å². The fourth-order valence-electron chi connectivity index (χ4n) is 4.04. The highest BCUT2D eigenvalue weighted by Crippen LogP contribution is 2.32. The van der Waals surface area contributed by atoms with Crippen LogP contribution < -0.4 is 0 Å². The summed E-state index contributed by atoms with van der Waals surface area (Å²) in [5.41, 5.74) is 1.11. The van der Waals surface area contributed by atoms with Crippen molar-refractivity contribution in [2.75, 3.05) is 18.8 Å². The Kier molecular flexibility index (Phi) is 8.47. The second-order valence-corrected chi connectivity index (χ2v) is 8.86. The number of carbonyl (C=O) groups is 1. The smallest absolute Gasteiger partial charge is 0.449 e. The summed E-state index contributed by atoms with van der Waals surface area (Å²) in [6.07, 6.45) is 12.0. The van der Waals surface area contributed by atoms with Crippen molar-refractivity contribution < 1.29 is 19.0 Å². The van der Waals surface area contributed by atoms with E-state index in [1.165, 1.54) is 50.7 Å². The van der Waals surface area contributed by atoms with Gasteiger partial charge >= 0.3 is 6.16 Å². The monoisotopic (exact) mass is 419 g/mol. The van der Waals surface area contributed by atoms with Crippen molar-refractivity contribution >= 4 is 17.9 Å². The second kappa shape index (κ2) is 11.3. The first-order valence-electron chi connectivity index (χ1n) is 10.6. The lowest BCUT2D eigenvalue weighted by molar-refractivity contribution is 0.118. The molecule has 0 atom stereocenters. The van der Waals surface area contributed by atoms with E-state index >= 15 is 0 Å². The Hall–Kier alpha value is -1.95. The van der Waals surface area contributed by atoms with Crippen LogP contribution in [0.1, 0.15) is 50.5 Å². The van der Waals surface area contributed by atoms with Gasteiger partial charge in [-0.1, -0.05) is 43.9 Å². The van der Waals surface area contributed by atoms with Crippen molar-refractivity contribution in [3.8, 4) is 0 Å². The highest BCUT2D eigenvalue weighted by molar-refractivity contribution is 8.03. The van der Waals surface area contributed by atoms with Crippen LogP contribution in [0.3, 0.4) is 0 Å². The van der Waals surface area contributed by atoms with Crippen molar-refractivity contribution in [3.63, 3.8) is 0 Å². The summed E-state index contributed by atoms with van der Waals surface area (Å²) in [6.45, 7) is 1.75. The predicted molar refractivity (Wildman–Crippen MR) is 115 cm³/mol. The standard InChI is InChI=1S/C23H30FNO3S/c24-20-13-11-18(12-14-20)9-6-16-29-22-21(28-23(26)27)10-5-15-25(22)17-19-7-3-1-2-4-8-19/h5,10-14,19H,1-4,6-9,15-17H2,(H,26,27). The Labute approximate surface area is 176 Å². The maximum absolute atomic E-state index is 13.0.